The minimum atomic E-state index is 0. The molecule has 1 N–H and O–H groups in total. The fraction of sp³-hybridized carbons (Fsp3) is 0.364. The second kappa shape index (κ2) is 10.1. The number of halogens is 1. The average Bonchev–Trinajstić information content (AvgIpc) is 3.42. The lowest BCUT2D eigenvalue weighted by atomic mass is 9.93. The van der Waals surface area contributed by atoms with E-state index in [1.165, 1.54) is 6.42 Å². The molecule has 1 aromatic carbocycles. The van der Waals surface area contributed by atoms with Crippen LogP contribution < -0.4 is 5.32 Å². The Kier molecular flexibility index (Phi) is 7.47. The van der Waals surface area contributed by atoms with Crippen molar-refractivity contribution in [2.45, 2.75) is 19.3 Å². The van der Waals surface area contributed by atoms with Crippen LogP contribution in [-0.2, 0) is 0 Å². The summed E-state index contributed by atoms with van der Waals surface area (Å²) in [5, 5.41) is 10.0. The third-order valence-corrected chi connectivity index (χ3v) is 6.30. The highest BCUT2D eigenvalue weighted by Gasteiger charge is 2.27. The van der Waals surface area contributed by atoms with Gasteiger partial charge < -0.3 is 10.2 Å². The van der Waals surface area contributed by atoms with E-state index in [1.54, 1.807) is 11.3 Å². The molecule has 0 bridgehead atoms. The molecule has 0 aliphatic carbocycles. The van der Waals surface area contributed by atoms with Crippen molar-refractivity contribution in [3.05, 3.63) is 59.6 Å². The molecule has 1 aliphatic rings. The molecular weight excluding hydrogens is 404 g/mol. The van der Waals surface area contributed by atoms with Crippen molar-refractivity contribution in [3.63, 3.8) is 0 Å². The number of para-hydroxylation sites is 1. The van der Waals surface area contributed by atoms with Crippen molar-refractivity contribution in [1.29, 1.82) is 0 Å². The van der Waals surface area contributed by atoms with E-state index < -0.39 is 0 Å². The Bertz CT molecular complexity index is 902. The van der Waals surface area contributed by atoms with E-state index in [9.17, 15) is 4.79 Å². The normalized spacial score (nSPS) is 14.6. The van der Waals surface area contributed by atoms with E-state index in [-0.39, 0.29) is 18.3 Å². The van der Waals surface area contributed by atoms with E-state index in [2.05, 4.69) is 5.32 Å². The lowest BCUT2D eigenvalue weighted by Crippen LogP contribution is -2.39. The quantitative estimate of drug-likeness (QED) is 0.627. The van der Waals surface area contributed by atoms with Gasteiger partial charge in [-0.05, 0) is 62.4 Å². The van der Waals surface area contributed by atoms with Crippen LogP contribution in [0.3, 0.4) is 0 Å². The molecule has 1 saturated heterocycles. The fourth-order valence-electron chi connectivity index (χ4n) is 3.78. The van der Waals surface area contributed by atoms with Gasteiger partial charge in [0.2, 0.25) is 0 Å². The molecule has 1 fully saturated rings. The topological polar surface area (TPSA) is 50.2 Å². The first kappa shape index (κ1) is 21.6. The number of piperidine rings is 1. The summed E-state index contributed by atoms with van der Waals surface area (Å²) in [7, 11) is 2.00. The van der Waals surface area contributed by atoms with Crippen LogP contribution >= 0.6 is 23.7 Å². The Labute approximate surface area is 182 Å². The highest BCUT2D eigenvalue weighted by molar-refractivity contribution is 7.13. The summed E-state index contributed by atoms with van der Waals surface area (Å²) in [5.41, 5.74) is 2.44. The summed E-state index contributed by atoms with van der Waals surface area (Å²) in [5.74, 6) is 0.804. The molecule has 29 heavy (non-hydrogen) atoms. The number of likely N-dealkylation sites (tertiary alicyclic amines) is 1. The average molecular weight is 431 g/mol. The summed E-state index contributed by atoms with van der Waals surface area (Å²) < 4.78 is 1.82. The highest BCUT2D eigenvalue weighted by Crippen LogP contribution is 2.30. The van der Waals surface area contributed by atoms with Gasteiger partial charge in [0.1, 0.15) is 5.69 Å². The zero-order chi connectivity index (χ0) is 19.3. The predicted octanol–water partition coefficient (Wildman–Crippen LogP) is 4.48. The molecule has 0 unspecified atom stereocenters. The number of carbonyl (C=O) groups excluding carboxylic acids is 1. The number of carbonyl (C=O) groups is 1. The van der Waals surface area contributed by atoms with E-state index in [0.717, 1.165) is 48.7 Å². The van der Waals surface area contributed by atoms with Crippen molar-refractivity contribution >= 4 is 29.7 Å². The Morgan fingerprint density at radius 3 is 2.59 bits per heavy atom. The predicted molar refractivity (Wildman–Crippen MR) is 121 cm³/mol. The van der Waals surface area contributed by atoms with Gasteiger partial charge in [-0.1, -0.05) is 24.3 Å². The monoisotopic (exact) mass is 430 g/mol. The van der Waals surface area contributed by atoms with Gasteiger partial charge in [0.15, 0.2) is 0 Å². The lowest BCUT2D eigenvalue weighted by Gasteiger charge is -2.32. The number of benzene rings is 1. The van der Waals surface area contributed by atoms with Gasteiger partial charge in [0, 0.05) is 19.3 Å². The summed E-state index contributed by atoms with van der Waals surface area (Å²) in [6.07, 6.45) is 5.23. The van der Waals surface area contributed by atoms with E-state index in [0.29, 0.717) is 11.5 Å². The van der Waals surface area contributed by atoms with Crippen molar-refractivity contribution in [2.75, 3.05) is 26.7 Å². The van der Waals surface area contributed by atoms with Crippen LogP contribution in [0.4, 0.5) is 0 Å². The molecular formula is C22H27ClN4OS. The second-order valence-electron chi connectivity index (χ2n) is 7.28. The fourth-order valence-corrected chi connectivity index (χ4v) is 4.51. The van der Waals surface area contributed by atoms with Gasteiger partial charge in [0.25, 0.3) is 5.91 Å². The van der Waals surface area contributed by atoms with Crippen molar-refractivity contribution in [1.82, 2.24) is 20.0 Å². The Morgan fingerprint density at radius 2 is 1.93 bits per heavy atom. The number of hydrogen-bond acceptors (Lipinski definition) is 4. The van der Waals surface area contributed by atoms with Gasteiger partial charge in [-0.25, -0.2) is 4.68 Å². The van der Waals surface area contributed by atoms with Gasteiger partial charge in [-0.3, -0.25) is 4.79 Å². The molecule has 7 heteroatoms. The van der Waals surface area contributed by atoms with Crippen LogP contribution in [0.15, 0.2) is 54.0 Å². The summed E-state index contributed by atoms with van der Waals surface area (Å²) in [6.45, 7) is 2.70. The Balaban J connectivity index is 0.00000240. The third kappa shape index (κ3) is 4.89. The zero-order valence-electron chi connectivity index (χ0n) is 16.6. The number of amides is 1. The minimum Gasteiger partial charge on any atom is -0.339 e. The van der Waals surface area contributed by atoms with Crippen LogP contribution in [0.2, 0.25) is 0 Å². The molecule has 4 rings (SSSR count). The van der Waals surface area contributed by atoms with Crippen molar-refractivity contribution in [2.24, 2.45) is 5.92 Å². The number of nitrogens with one attached hydrogen (secondary N) is 1. The maximum atomic E-state index is 13.3. The largest absolute Gasteiger partial charge is 0.339 e. The summed E-state index contributed by atoms with van der Waals surface area (Å²) in [6, 6.07) is 14.0. The summed E-state index contributed by atoms with van der Waals surface area (Å²) in [4.78, 5) is 16.4. The van der Waals surface area contributed by atoms with Gasteiger partial charge >= 0.3 is 0 Å². The molecule has 0 atom stereocenters. The second-order valence-corrected chi connectivity index (χ2v) is 8.22. The first-order valence-electron chi connectivity index (χ1n) is 9.89. The molecule has 0 saturated carbocycles. The third-order valence-electron chi connectivity index (χ3n) is 5.42. The molecule has 2 aromatic heterocycles. The van der Waals surface area contributed by atoms with Crippen LogP contribution in [0.1, 0.15) is 29.6 Å². The number of thiophene rings is 1. The molecule has 1 amide bonds. The molecule has 154 valence electrons. The smallest absolute Gasteiger partial charge is 0.257 e. The van der Waals surface area contributed by atoms with Gasteiger partial charge in [-0.15, -0.1) is 23.7 Å². The van der Waals surface area contributed by atoms with Gasteiger partial charge in [0.05, 0.1) is 16.1 Å². The van der Waals surface area contributed by atoms with Crippen molar-refractivity contribution < 1.29 is 4.79 Å². The van der Waals surface area contributed by atoms with Crippen LogP contribution in [-0.4, -0.2) is 47.3 Å². The summed E-state index contributed by atoms with van der Waals surface area (Å²) >= 11 is 1.62. The lowest BCUT2D eigenvalue weighted by molar-refractivity contribution is 0.0688. The zero-order valence-corrected chi connectivity index (χ0v) is 18.2. The number of nitrogens with zero attached hydrogens (tertiary/aromatic N) is 3. The molecule has 1 aliphatic heterocycles. The first-order chi connectivity index (χ1) is 13.8. The van der Waals surface area contributed by atoms with Crippen LogP contribution in [0, 0.1) is 5.92 Å². The number of rotatable bonds is 6. The molecule has 0 spiro atoms. The number of hydrogen-bond donors (Lipinski definition) is 1. The highest BCUT2D eigenvalue weighted by atomic mass is 35.5. The molecule has 0 radical (unpaired) electrons. The maximum Gasteiger partial charge on any atom is 0.257 e. The van der Waals surface area contributed by atoms with Crippen LogP contribution in [0.25, 0.3) is 16.3 Å². The Hall–Kier alpha value is -2.15. The van der Waals surface area contributed by atoms with Gasteiger partial charge in [-0.2, -0.15) is 5.10 Å². The van der Waals surface area contributed by atoms with E-state index >= 15 is 0 Å². The molecule has 5 nitrogen and oxygen atoms in total. The maximum absolute atomic E-state index is 13.3. The van der Waals surface area contributed by atoms with E-state index in [4.69, 9.17) is 5.10 Å². The number of aromatic nitrogens is 2. The molecule has 3 heterocycles. The van der Waals surface area contributed by atoms with E-state index in [1.807, 2.05) is 70.7 Å². The SMILES string of the molecule is CNCCC1CCN(C(=O)c2cn(-c3ccccc3)nc2-c2cccs2)CC1.Cl. The first-order valence-corrected chi connectivity index (χ1v) is 10.8. The molecule has 3 aromatic rings. The Morgan fingerprint density at radius 1 is 1.17 bits per heavy atom. The minimum absolute atomic E-state index is 0. The standard InChI is InChI=1S/C22H26N4OS.ClH/c1-23-12-9-17-10-13-25(14-11-17)22(27)19-16-26(18-6-3-2-4-7-18)24-21(19)20-8-5-15-28-20;/h2-8,15-17,23H,9-14H2,1H3;1H. The van der Waals surface area contributed by atoms with Crippen LogP contribution in [0.5, 0.6) is 0 Å². The van der Waals surface area contributed by atoms with Crippen molar-refractivity contribution in [3.8, 4) is 16.3 Å².